The maximum atomic E-state index is 6.18. The zero-order chi connectivity index (χ0) is 12.3. The third kappa shape index (κ3) is 3.00. The van der Waals surface area contributed by atoms with Gasteiger partial charge in [0.15, 0.2) is 0 Å². The first-order chi connectivity index (χ1) is 8.20. The molecule has 0 aliphatic rings. The van der Waals surface area contributed by atoms with Crippen LogP contribution in [0.15, 0.2) is 30.6 Å². The normalized spacial score (nSPS) is 12.6. The number of hydrogen-bond acceptors (Lipinski definition) is 2. The Kier molecular flexibility index (Phi) is 4.05. The van der Waals surface area contributed by atoms with E-state index in [-0.39, 0.29) is 6.04 Å². The maximum absolute atomic E-state index is 6.18. The Morgan fingerprint density at radius 1 is 1.41 bits per heavy atom. The molecule has 0 aliphatic heterocycles. The molecule has 0 amide bonds. The lowest BCUT2D eigenvalue weighted by Gasteiger charge is -2.17. The van der Waals surface area contributed by atoms with Crippen LogP contribution in [0.1, 0.15) is 17.4 Å². The van der Waals surface area contributed by atoms with Crippen molar-refractivity contribution in [3.05, 3.63) is 52.0 Å². The molecule has 2 N–H and O–H groups in total. The van der Waals surface area contributed by atoms with Gasteiger partial charge in [-0.15, -0.1) is 0 Å². The molecule has 0 saturated heterocycles. The van der Waals surface area contributed by atoms with E-state index >= 15 is 0 Å². The molecule has 0 spiro atoms. The zero-order valence-electron chi connectivity index (χ0n) is 9.37. The van der Waals surface area contributed by atoms with Crippen LogP contribution in [-0.4, -0.2) is 17.0 Å². The number of aromatic nitrogens is 2. The quantitative estimate of drug-likeness (QED) is 0.895. The second-order valence-electron chi connectivity index (χ2n) is 3.75. The van der Waals surface area contributed by atoms with Gasteiger partial charge in [-0.25, -0.2) is 4.98 Å². The van der Waals surface area contributed by atoms with Gasteiger partial charge >= 0.3 is 0 Å². The van der Waals surface area contributed by atoms with Crippen molar-refractivity contribution in [2.24, 2.45) is 0 Å². The number of rotatable bonds is 4. The number of hydrogen-bond donors (Lipinski definition) is 2. The number of nitrogens with one attached hydrogen (secondary N) is 2. The van der Waals surface area contributed by atoms with Crippen molar-refractivity contribution in [3.8, 4) is 0 Å². The number of halogens is 2. The summed E-state index contributed by atoms with van der Waals surface area (Å²) in [6.45, 7) is 0. The van der Waals surface area contributed by atoms with Crippen LogP contribution in [0, 0.1) is 0 Å². The minimum atomic E-state index is 0.0901. The lowest BCUT2D eigenvalue weighted by atomic mass is 10.0. The fourth-order valence-electron chi connectivity index (χ4n) is 1.75. The van der Waals surface area contributed by atoms with Crippen LogP contribution in [0.2, 0.25) is 10.0 Å². The largest absolute Gasteiger partial charge is 0.349 e. The van der Waals surface area contributed by atoms with E-state index in [0.717, 1.165) is 17.8 Å². The molecule has 3 nitrogen and oxygen atoms in total. The highest BCUT2D eigenvalue weighted by Gasteiger charge is 2.15. The van der Waals surface area contributed by atoms with Crippen molar-refractivity contribution in [2.75, 3.05) is 7.05 Å². The summed E-state index contributed by atoms with van der Waals surface area (Å²) < 4.78 is 0. The maximum Gasteiger partial charge on any atom is 0.107 e. The molecule has 0 bridgehead atoms. The SMILES string of the molecule is CNC(Cc1ncc[nH]1)c1cc(Cl)ccc1Cl. The number of imidazole rings is 1. The minimum Gasteiger partial charge on any atom is -0.349 e. The van der Waals surface area contributed by atoms with Gasteiger partial charge in [0.1, 0.15) is 5.82 Å². The van der Waals surface area contributed by atoms with Gasteiger partial charge in [0.05, 0.1) is 0 Å². The molecule has 2 rings (SSSR count). The Balaban J connectivity index is 2.25. The average Bonchev–Trinajstić information content (AvgIpc) is 2.82. The topological polar surface area (TPSA) is 40.7 Å². The van der Waals surface area contributed by atoms with Crippen molar-refractivity contribution in [3.63, 3.8) is 0 Å². The van der Waals surface area contributed by atoms with Gasteiger partial charge in [0.2, 0.25) is 0 Å². The number of nitrogens with zero attached hydrogens (tertiary/aromatic N) is 1. The molecule has 1 aromatic heterocycles. The summed E-state index contributed by atoms with van der Waals surface area (Å²) in [6, 6.07) is 5.57. The van der Waals surface area contributed by atoms with E-state index in [2.05, 4.69) is 15.3 Å². The van der Waals surface area contributed by atoms with E-state index in [1.165, 1.54) is 0 Å². The molecule has 90 valence electrons. The molecule has 0 radical (unpaired) electrons. The van der Waals surface area contributed by atoms with Crippen molar-refractivity contribution in [2.45, 2.75) is 12.5 Å². The fraction of sp³-hybridized carbons (Fsp3) is 0.250. The average molecular weight is 270 g/mol. The fourth-order valence-corrected chi connectivity index (χ4v) is 2.18. The van der Waals surface area contributed by atoms with Gasteiger partial charge in [-0.05, 0) is 30.8 Å². The predicted octanol–water partition coefficient (Wildman–Crippen LogP) is 3.22. The van der Waals surface area contributed by atoms with Crippen molar-refractivity contribution in [1.82, 2.24) is 15.3 Å². The monoisotopic (exact) mass is 269 g/mol. The second-order valence-corrected chi connectivity index (χ2v) is 4.59. The molecule has 0 aliphatic carbocycles. The van der Waals surface area contributed by atoms with Crippen molar-refractivity contribution >= 4 is 23.2 Å². The molecule has 2 aromatic rings. The van der Waals surface area contributed by atoms with Gasteiger partial charge in [-0.3, -0.25) is 0 Å². The summed E-state index contributed by atoms with van der Waals surface area (Å²) in [5.41, 5.74) is 0.984. The Morgan fingerprint density at radius 3 is 2.88 bits per heavy atom. The Bertz CT molecular complexity index is 483. The summed E-state index contributed by atoms with van der Waals surface area (Å²) in [6.07, 6.45) is 4.28. The molecule has 1 heterocycles. The molecular formula is C12H13Cl2N3. The van der Waals surface area contributed by atoms with Crippen LogP contribution in [0.25, 0.3) is 0 Å². The van der Waals surface area contributed by atoms with E-state index in [9.17, 15) is 0 Å². The smallest absolute Gasteiger partial charge is 0.107 e. The van der Waals surface area contributed by atoms with Gasteiger partial charge in [-0.1, -0.05) is 23.2 Å². The third-order valence-corrected chi connectivity index (χ3v) is 3.21. The number of likely N-dealkylation sites (N-methyl/N-ethyl adjacent to an activating group) is 1. The Hall–Kier alpha value is -1.03. The van der Waals surface area contributed by atoms with Crippen LogP contribution >= 0.6 is 23.2 Å². The zero-order valence-corrected chi connectivity index (χ0v) is 10.9. The highest BCUT2D eigenvalue weighted by Crippen LogP contribution is 2.27. The Morgan fingerprint density at radius 2 is 2.24 bits per heavy atom. The first kappa shape index (κ1) is 12.4. The first-order valence-corrected chi connectivity index (χ1v) is 6.06. The van der Waals surface area contributed by atoms with E-state index in [4.69, 9.17) is 23.2 Å². The molecule has 0 fully saturated rings. The van der Waals surface area contributed by atoms with Crippen LogP contribution in [0.4, 0.5) is 0 Å². The van der Waals surface area contributed by atoms with Crippen LogP contribution in [0.3, 0.4) is 0 Å². The molecule has 0 saturated carbocycles. The van der Waals surface area contributed by atoms with E-state index in [1.54, 1.807) is 12.3 Å². The number of H-pyrrole nitrogens is 1. The molecule has 1 aromatic carbocycles. The van der Waals surface area contributed by atoms with Gasteiger partial charge in [0.25, 0.3) is 0 Å². The highest BCUT2D eigenvalue weighted by molar-refractivity contribution is 6.33. The van der Waals surface area contributed by atoms with Gasteiger partial charge in [-0.2, -0.15) is 0 Å². The summed E-state index contributed by atoms with van der Waals surface area (Å²) in [5.74, 6) is 0.917. The van der Waals surface area contributed by atoms with Crippen LogP contribution in [0.5, 0.6) is 0 Å². The van der Waals surface area contributed by atoms with E-state index in [1.807, 2.05) is 25.4 Å². The number of aromatic amines is 1. The predicted molar refractivity (Wildman–Crippen MR) is 70.6 cm³/mol. The first-order valence-electron chi connectivity index (χ1n) is 5.31. The molecule has 1 atom stereocenters. The summed E-state index contributed by atoms with van der Waals surface area (Å²) >= 11 is 12.2. The van der Waals surface area contributed by atoms with Crippen LogP contribution < -0.4 is 5.32 Å². The van der Waals surface area contributed by atoms with Gasteiger partial charge < -0.3 is 10.3 Å². The molecule has 17 heavy (non-hydrogen) atoms. The third-order valence-electron chi connectivity index (χ3n) is 2.63. The highest BCUT2D eigenvalue weighted by atomic mass is 35.5. The summed E-state index contributed by atoms with van der Waals surface area (Å²) in [5, 5.41) is 4.61. The second kappa shape index (κ2) is 5.54. The van der Waals surface area contributed by atoms with Crippen molar-refractivity contribution < 1.29 is 0 Å². The van der Waals surface area contributed by atoms with E-state index < -0.39 is 0 Å². The molecule has 1 unspecified atom stereocenters. The van der Waals surface area contributed by atoms with Crippen molar-refractivity contribution in [1.29, 1.82) is 0 Å². The minimum absolute atomic E-state index is 0.0901. The molecule has 5 heteroatoms. The lowest BCUT2D eigenvalue weighted by Crippen LogP contribution is -2.19. The van der Waals surface area contributed by atoms with Crippen LogP contribution in [-0.2, 0) is 6.42 Å². The summed E-state index contributed by atoms with van der Waals surface area (Å²) in [7, 11) is 1.89. The standard InChI is InChI=1S/C12H13Cl2N3/c1-15-11(7-12-16-4-5-17-12)9-6-8(13)2-3-10(9)14/h2-6,11,15H,7H2,1H3,(H,16,17). The number of benzene rings is 1. The Labute approximate surface area is 110 Å². The van der Waals surface area contributed by atoms with E-state index in [0.29, 0.717) is 10.0 Å². The van der Waals surface area contributed by atoms with Gasteiger partial charge in [0, 0.05) is 34.9 Å². The lowest BCUT2D eigenvalue weighted by molar-refractivity contribution is 0.578. The molecular weight excluding hydrogens is 257 g/mol. The summed E-state index contributed by atoms with van der Waals surface area (Å²) in [4.78, 5) is 7.29.